The van der Waals surface area contributed by atoms with Gasteiger partial charge in [-0.1, -0.05) is 13.8 Å². The van der Waals surface area contributed by atoms with Crippen LogP contribution >= 0.6 is 0 Å². The van der Waals surface area contributed by atoms with E-state index < -0.39 is 0 Å². The molecule has 1 aliphatic rings. The SMILES string of the molecule is CC(C)CN1CCC[C@@H](c2ccnc(N)n2)C1. The van der Waals surface area contributed by atoms with Gasteiger partial charge in [-0.15, -0.1) is 0 Å². The van der Waals surface area contributed by atoms with E-state index in [-0.39, 0.29) is 0 Å². The summed E-state index contributed by atoms with van der Waals surface area (Å²) in [5, 5.41) is 0. The minimum Gasteiger partial charge on any atom is -0.368 e. The van der Waals surface area contributed by atoms with Gasteiger partial charge in [-0.05, 0) is 31.4 Å². The molecule has 1 fully saturated rings. The monoisotopic (exact) mass is 234 g/mol. The minimum atomic E-state index is 0.392. The number of aromatic nitrogens is 2. The first kappa shape index (κ1) is 12.3. The van der Waals surface area contributed by atoms with Crippen LogP contribution in [0.2, 0.25) is 0 Å². The number of likely N-dealkylation sites (tertiary alicyclic amines) is 1. The molecule has 1 aliphatic heterocycles. The number of hydrogen-bond donors (Lipinski definition) is 1. The average Bonchev–Trinajstić information content (AvgIpc) is 2.28. The summed E-state index contributed by atoms with van der Waals surface area (Å²) in [7, 11) is 0. The van der Waals surface area contributed by atoms with E-state index in [1.54, 1.807) is 6.20 Å². The molecule has 0 amide bonds. The molecule has 2 heterocycles. The van der Waals surface area contributed by atoms with Gasteiger partial charge in [0.05, 0.1) is 5.69 Å². The Balaban J connectivity index is 2.02. The zero-order valence-electron chi connectivity index (χ0n) is 10.8. The van der Waals surface area contributed by atoms with Crippen LogP contribution in [-0.4, -0.2) is 34.5 Å². The second-order valence-electron chi connectivity index (χ2n) is 5.33. The van der Waals surface area contributed by atoms with E-state index in [0.717, 1.165) is 18.2 Å². The van der Waals surface area contributed by atoms with Crippen LogP contribution in [0.3, 0.4) is 0 Å². The van der Waals surface area contributed by atoms with Crippen LogP contribution in [-0.2, 0) is 0 Å². The summed E-state index contributed by atoms with van der Waals surface area (Å²) >= 11 is 0. The van der Waals surface area contributed by atoms with Gasteiger partial charge >= 0.3 is 0 Å². The van der Waals surface area contributed by atoms with Gasteiger partial charge in [-0.3, -0.25) is 0 Å². The van der Waals surface area contributed by atoms with Gasteiger partial charge in [-0.2, -0.15) is 0 Å². The largest absolute Gasteiger partial charge is 0.368 e. The molecule has 1 atom stereocenters. The zero-order valence-corrected chi connectivity index (χ0v) is 10.8. The molecule has 1 aromatic heterocycles. The molecular weight excluding hydrogens is 212 g/mol. The molecule has 0 bridgehead atoms. The van der Waals surface area contributed by atoms with Crippen LogP contribution in [0.15, 0.2) is 12.3 Å². The summed E-state index contributed by atoms with van der Waals surface area (Å²) in [4.78, 5) is 10.8. The Labute approximate surface area is 103 Å². The molecule has 94 valence electrons. The van der Waals surface area contributed by atoms with Crippen molar-refractivity contribution >= 4 is 5.95 Å². The molecule has 17 heavy (non-hydrogen) atoms. The van der Waals surface area contributed by atoms with Gasteiger partial charge in [-0.25, -0.2) is 9.97 Å². The number of nitrogens with zero attached hydrogens (tertiary/aromatic N) is 3. The fourth-order valence-corrected chi connectivity index (χ4v) is 2.59. The van der Waals surface area contributed by atoms with Gasteiger partial charge in [0, 0.05) is 25.2 Å². The van der Waals surface area contributed by atoms with Crippen molar-refractivity contribution < 1.29 is 0 Å². The van der Waals surface area contributed by atoms with E-state index in [0.29, 0.717) is 11.9 Å². The molecule has 1 aromatic rings. The summed E-state index contributed by atoms with van der Waals surface area (Å²) in [6, 6.07) is 2.00. The van der Waals surface area contributed by atoms with Gasteiger partial charge < -0.3 is 10.6 Å². The van der Waals surface area contributed by atoms with Crippen molar-refractivity contribution in [3.8, 4) is 0 Å². The van der Waals surface area contributed by atoms with Gasteiger partial charge in [0.2, 0.25) is 5.95 Å². The highest BCUT2D eigenvalue weighted by atomic mass is 15.1. The van der Waals surface area contributed by atoms with Crippen molar-refractivity contribution in [2.75, 3.05) is 25.4 Å². The van der Waals surface area contributed by atoms with Crippen molar-refractivity contribution in [1.82, 2.24) is 14.9 Å². The molecule has 4 nitrogen and oxygen atoms in total. The van der Waals surface area contributed by atoms with Crippen molar-refractivity contribution in [2.24, 2.45) is 5.92 Å². The van der Waals surface area contributed by atoms with Gasteiger partial charge in [0.1, 0.15) is 0 Å². The predicted molar refractivity (Wildman–Crippen MR) is 69.7 cm³/mol. The first-order valence-electron chi connectivity index (χ1n) is 6.46. The Morgan fingerprint density at radius 1 is 1.53 bits per heavy atom. The van der Waals surface area contributed by atoms with E-state index in [4.69, 9.17) is 5.73 Å². The maximum Gasteiger partial charge on any atom is 0.220 e. The Hall–Kier alpha value is -1.16. The maximum atomic E-state index is 5.64. The van der Waals surface area contributed by atoms with Crippen LogP contribution in [0.25, 0.3) is 0 Å². The highest BCUT2D eigenvalue weighted by molar-refractivity contribution is 5.20. The molecule has 0 aromatic carbocycles. The predicted octanol–water partition coefficient (Wildman–Crippen LogP) is 1.89. The third-order valence-electron chi connectivity index (χ3n) is 3.24. The maximum absolute atomic E-state index is 5.64. The summed E-state index contributed by atoms with van der Waals surface area (Å²) in [5.74, 6) is 1.64. The number of anilines is 1. The number of hydrogen-bond acceptors (Lipinski definition) is 4. The van der Waals surface area contributed by atoms with Crippen molar-refractivity contribution in [1.29, 1.82) is 0 Å². The second kappa shape index (κ2) is 5.45. The summed E-state index contributed by atoms with van der Waals surface area (Å²) in [6.07, 6.45) is 4.23. The standard InChI is InChI=1S/C13H22N4/c1-10(2)8-17-7-3-4-11(9-17)12-5-6-15-13(14)16-12/h5-6,10-11H,3-4,7-9H2,1-2H3,(H2,14,15,16)/t11-/m1/s1. The van der Waals surface area contributed by atoms with Crippen LogP contribution < -0.4 is 5.73 Å². The molecule has 0 aliphatic carbocycles. The van der Waals surface area contributed by atoms with Crippen LogP contribution in [0.1, 0.15) is 38.3 Å². The third kappa shape index (κ3) is 3.40. The molecule has 2 rings (SSSR count). The molecule has 0 radical (unpaired) electrons. The lowest BCUT2D eigenvalue weighted by Crippen LogP contribution is -2.37. The Morgan fingerprint density at radius 3 is 3.06 bits per heavy atom. The number of piperidine rings is 1. The van der Waals surface area contributed by atoms with Crippen LogP contribution in [0.4, 0.5) is 5.95 Å². The highest BCUT2D eigenvalue weighted by Gasteiger charge is 2.22. The summed E-state index contributed by atoms with van der Waals surface area (Å²) in [6.45, 7) is 8.04. The van der Waals surface area contributed by atoms with Crippen molar-refractivity contribution in [2.45, 2.75) is 32.6 Å². The average molecular weight is 234 g/mol. The first-order chi connectivity index (χ1) is 8.15. The Kier molecular flexibility index (Phi) is 3.94. The molecule has 0 saturated carbocycles. The Bertz CT molecular complexity index is 364. The summed E-state index contributed by atoms with van der Waals surface area (Å²) < 4.78 is 0. The van der Waals surface area contributed by atoms with E-state index in [2.05, 4.69) is 28.7 Å². The van der Waals surface area contributed by atoms with E-state index in [9.17, 15) is 0 Å². The van der Waals surface area contributed by atoms with Crippen LogP contribution in [0, 0.1) is 5.92 Å². The smallest absolute Gasteiger partial charge is 0.220 e. The summed E-state index contributed by atoms with van der Waals surface area (Å²) in [5.41, 5.74) is 6.75. The topological polar surface area (TPSA) is 55.0 Å². The highest BCUT2D eigenvalue weighted by Crippen LogP contribution is 2.25. The fraction of sp³-hybridized carbons (Fsp3) is 0.692. The number of nitrogens with two attached hydrogens (primary N) is 1. The lowest BCUT2D eigenvalue weighted by Gasteiger charge is -2.33. The van der Waals surface area contributed by atoms with Gasteiger partial charge in [0.25, 0.3) is 0 Å². The van der Waals surface area contributed by atoms with Crippen molar-refractivity contribution in [3.05, 3.63) is 18.0 Å². The normalized spacial score (nSPS) is 21.9. The third-order valence-corrected chi connectivity index (χ3v) is 3.24. The van der Waals surface area contributed by atoms with Gasteiger partial charge in [0.15, 0.2) is 0 Å². The zero-order chi connectivity index (χ0) is 12.3. The minimum absolute atomic E-state index is 0.392. The lowest BCUT2D eigenvalue weighted by atomic mass is 9.94. The molecule has 0 spiro atoms. The molecular formula is C13H22N4. The molecule has 0 unspecified atom stereocenters. The number of rotatable bonds is 3. The molecule has 1 saturated heterocycles. The quantitative estimate of drug-likeness (QED) is 0.867. The first-order valence-corrected chi connectivity index (χ1v) is 6.46. The fourth-order valence-electron chi connectivity index (χ4n) is 2.59. The second-order valence-corrected chi connectivity index (χ2v) is 5.33. The van der Waals surface area contributed by atoms with Crippen molar-refractivity contribution in [3.63, 3.8) is 0 Å². The lowest BCUT2D eigenvalue weighted by molar-refractivity contribution is 0.186. The molecule has 2 N–H and O–H groups in total. The van der Waals surface area contributed by atoms with E-state index in [1.165, 1.54) is 25.9 Å². The molecule has 4 heteroatoms. The Morgan fingerprint density at radius 2 is 2.35 bits per heavy atom. The van der Waals surface area contributed by atoms with E-state index in [1.807, 2.05) is 6.07 Å². The number of nitrogen functional groups attached to an aromatic ring is 1. The van der Waals surface area contributed by atoms with Crippen LogP contribution in [0.5, 0.6) is 0 Å². The van der Waals surface area contributed by atoms with E-state index >= 15 is 0 Å².